The molecule has 0 heterocycles. The molecule has 2 aromatic carbocycles. The second kappa shape index (κ2) is 7.10. The van der Waals surface area contributed by atoms with E-state index in [1.165, 1.54) is 0 Å². The number of rotatable bonds is 5. The Balaban J connectivity index is 1.84. The van der Waals surface area contributed by atoms with Gasteiger partial charge in [-0.1, -0.05) is 46.3 Å². The van der Waals surface area contributed by atoms with E-state index < -0.39 is 6.10 Å². The van der Waals surface area contributed by atoms with E-state index in [2.05, 4.69) is 15.9 Å². The molecule has 2 aromatic rings. The van der Waals surface area contributed by atoms with Crippen LogP contribution >= 0.6 is 15.9 Å². The Morgan fingerprint density at radius 1 is 1.10 bits per heavy atom. The summed E-state index contributed by atoms with van der Waals surface area (Å²) in [6, 6.07) is 16.9. The van der Waals surface area contributed by atoms with E-state index in [0.29, 0.717) is 5.75 Å². The van der Waals surface area contributed by atoms with Crippen LogP contribution in [0.3, 0.4) is 0 Å². The summed E-state index contributed by atoms with van der Waals surface area (Å²) in [5.74, 6) is 0.258. The van der Waals surface area contributed by atoms with Crippen molar-refractivity contribution in [2.45, 2.75) is 19.6 Å². The SMILES string of the molecule is CC(Oc1ccc(Br)cc1)C(=O)OCc1ccccc1. The van der Waals surface area contributed by atoms with Crippen LogP contribution in [0.4, 0.5) is 0 Å². The van der Waals surface area contributed by atoms with Gasteiger partial charge in [0.25, 0.3) is 0 Å². The Labute approximate surface area is 126 Å². The van der Waals surface area contributed by atoms with Crippen molar-refractivity contribution in [2.24, 2.45) is 0 Å². The van der Waals surface area contributed by atoms with E-state index >= 15 is 0 Å². The van der Waals surface area contributed by atoms with Gasteiger partial charge in [0.1, 0.15) is 12.4 Å². The Morgan fingerprint density at radius 2 is 1.75 bits per heavy atom. The largest absolute Gasteiger partial charge is 0.479 e. The summed E-state index contributed by atoms with van der Waals surface area (Å²) in [6.07, 6.45) is -0.639. The van der Waals surface area contributed by atoms with Crippen molar-refractivity contribution >= 4 is 21.9 Å². The van der Waals surface area contributed by atoms with Gasteiger partial charge in [0.05, 0.1) is 0 Å². The number of carbonyl (C=O) groups excluding carboxylic acids is 1. The molecule has 0 fully saturated rings. The average Bonchev–Trinajstić information content (AvgIpc) is 2.48. The highest BCUT2D eigenvalue weighted by Crippen LogP contribution is 2.17. The van der Waals surface area contributed by atoms with Gasteiger partial charge < -0.3 is 9.47 Å². The number of carbonyl (C=O) groups is 1. The smallest absolute Gasteiger partial charge is 0.347 e. The average molecular weight is 335 g/mol. The van der Waals surface area contributed by atoms with Crippen LogP contribution in [0.5, 0.6) is 5.75 Å². The third kappa shape index (κ3) is 4.38. The van der Waals surface area contributed by atoms with Crippen molar-refractivity contribution in [3.8, 4) is 5.75 Å². The normalized spacial score (nSPS) is 11.7. The summed E-state index contributed by atoms with van der Waals surface area (Å²) < 4.78 is 11.7. The molecule has 104 valence electrons. The third-order valence-electron chi connectivity index (χ3n) is 2.68. The molecule has 2 rings (SSSR count). The predicted molar refractivity (Wildman–Crippen MR) is 80.5 cm³/mol. The number of ether oxygens (including phenoxy) is 2. The van der Waals surface area contributed by atoms with Crippen LogP contribution in [0.1, 0.15) is 12.5 Å². The molecule has 0 saturated carbocycles. The number of hydrogen-bond donors (Lipinski definition) is 0. The lowest BCUT2D eigenvalue weighted by Gasteiger charge is -2.14. The van der Waals surface area contributed by atoms with Crippen molar-refractivity contribution in [3.63, 3.8) is 0 Å². The minimum Gasteiger partial charge on any atom is -0.479 e. The third-order valence-corrected chi connectivity index (χ3v) is 3.21. The summed E-state index contributed by atoms with van der Waals surface area (Å²) in [5, 5.41) is 0. The first-order valence-corrected chi connectivity index (χ1v) is 7.07. The maximum absolute atomic E-state index is 11.8. The minimum atomic E-state index is -0.639. The zero-order chi connectivity index (χ0) is 14.4. The van der Waals surface area contributed by atoms with Gasteiger partial charge in [-0.2, -0.15) is 0 Å². The Bertz CT molecular complexity index is 552. The van der Waals surface area contributed by atoms with E-state index in [0.717, 1.165) is 10.0 Å². The zero-order valence-electron chi connectivity index (χ0n) is 11.1. The van der Waals surface area contributed by atoms with Gasteiger partial charge in [-0.25, -0.2) is 4.79 Å². The Kier molecular flexibility index (Phi) is 5.18. The molecule has 0 aliphatic heterocycles. The topological polar surface area (TPSA) is 35.5 Å². The molecular weight excluding hydrogens is 320 g/mol. The Morgan fingerprint density at radius 3 is 2.40 bits per heavy atom. The van der Waals surface area contributed by atoms with Crippen molar-refractivity contribution in [3.05, 3.63) is 64.6 Å². The van der Waals surface area contributed by atoms with Gasteiger partial charge in [-0.05, 0) is 36.8 Å². The quantitative estimate of drug-likeness (QED) is 0.776. The molecule has 0 N–H and O–H groups in total. The number of benzene rings is 2. The molecular formula is C16H15BrO3. The van der Waals surface area contributed by atoms with Gasteiger partial charge in [0.15, 0.2) is 6.10 Å². The van der Waals surface area contributed by atoms with Crippen molar-refractivity contribution in [2.75, 3.05) is 0 Å². The second-order valence-corrected chi connectivity index (χ2v) is 5.22. The summed E-state index contributed by atoms with van der Waals surface area (Å²) >= 11 is 3.34. The molecule has 0 radical (unpaired) electrons. The maximum atomic E-state index is 11.8. The summed E-state index contributed by atoms with van der Waals surface area (Å²) in [6.45, 7) is 1.93. The van der Waals surface area contributed by atoms with Gasteiger partial charge in [0.2, 0.25) is 0 Å². The molecule has 0 spiro atoms. The maximum Gasteiger partial charge on any atom is 0.347 e. The van der Waals surface area contributed by atoms with Crippen LogP contribution in [0, 0.1) is 0 Å². The molecule has 0 amide bonds. The molecule has 1 atom stereocenters. The van der Waals surface area contributed by atoms with Crippen LogP contribution in [0.25, 0.3) is 0 Å². The molecule has 0 aromatic heterocycles. The highest BCUT2D eigenvalue weighted by atomic mass is 79.9. The predicted octanol–water partition coefficient (Wildman–Crippen LogP) is 3.96. The lowest BCUT2D eigenvalue weighted by atomic mass is 10.2. The highest BCUT2D eigenvalue weighted by molar-refractivity contribution is 9.10. The minimum absolute atomic E-state index is 0.258. The molecule has 0 aliphatic rings. The van der Waals surface area contributed by atoms with Crippen LogP contribution in [-0.2, 0) is 16.1 Å². The fourth-order valence-corrected chi connectivity index (χ4v) is 1.88. The van der Waals surface area contributed by atoms with E-state index in [4.69, 9.17) is 9.47 Å². The molecule has 4 heteroatoms. The van der Waals surface area contributed by atoms with E-state index in [1.54, 1.807) is 19.1 Å². The fourth-order valence-electron chi connectivity index (χ4n) is 1.61. The molecule has 0 aliphatic carbocycles. The van der Waals surface area contributed by atoms with Crippen molar-refractivity contribution < 1.29 is 14.3 Å². The number of hydrogen-bond acceptors (Lipinski definition) is 3. The highest BCUT2D eigenvalue weighted by Gasteiger charge is 2.16. The van der Waals surface area contributed by atoms with Crippen LogP contribution < -0.4 is 4.74 Å². The number of esters is 1. The fraction of sp³-hybridized carbons (Fsp3) is 0.188. The zero-order valence-corrected chi connectivity index (χ0v) is 12.7. The molecule has 20 heavy (non-hydrogen) atoms. The first kappa shape index (κ1) is 14.6. The second-order valence-electron chi connectivity index (χ2n) is 4.31. The molecule has 0 bridgehead atoms. The molecule has 1 unspecified atom stereocenters. The van der Waals surface area contributed by atoms with Crippen LogP contribution in [-0.4, -0.2) is 12.1 Å². The van der Waals surface area contributed by atoms with Gasteiger partial charge in [0, 0.05) is 4.47 Å². The van der Waals surface area contributed by atoms with Gasteiger partial charge in [-0.3, -0.25) is 0 Å². The van der Waals surface area contributed by atoms with Gasteiger partial charge in [-0.15, -0.1) is 0 Å². The molecule has 3 nitrogen and oxygen atoms in total. The van der Waals surface area contributed by atoms with Crippen LogP contribution in [0.2, 0.25) is 0 Å². The van der Waals surface area contributed by atoms with Crippen LogP contribution in [0.15, 0.2) is 59.1 Å². The van der Waals surface area contributed by atoms with E-state index in [9.17, 15) is 4.79 Å². The van der Waals surface area contributed by atoms with E-state index in [1.807, 2.05) is 42.5 Å². The van der Waals surface area contributed by atoms with Crippen molar-refractivity contribution in [1.82, 2.24) is 0 Å². The monoisotopic (exact) mass is 334 g/mol. The lowest BCUT2D eigenvalue weighted by molar-refractivity contribution is -0.152. The summed E-state index contributed by atoms with van der Waals surface area (Å²) in [4.78, 5) is 11.8. The first-order chi connectivity index (χ1) is 9.65. The number of halogens is 1. The van der Waals surface area contributed by atoms with E-state index in [-0.39, 0.29) is 12.6 Å². The summed E-state index contributed by atoms with van der Waals surface area (Å²) in [7, 11) is 0. The van der Waals surface area contributed by atoms with Gasteiger partial charge >= 0.3 is 5.97 Å². The molecule has 0 saturated heterocycles. The lowest BCUT2D eigenvalue weighted by Crippen LogP contribution is -2.25. The van der Waals surface area contributed by atoms with Crippen molar-refractivity contribution in [1.29, 1.82) is 0 Å². The first-order valence-electron chi connectivity index (χ1n) is 6.28. The summed E-state index contributed by atoms with van der Waals surface area (Å²) in [5.41, 5.74) is 0.955. The standard InChI is InChI=1S/C16H15BrO3/c1-12(20-15-9-7-14(17)8-10-15)16(18)19-11-13-5-3-2-4-6-13/h2-10,12H,11H2,1H3. The Hall–Kier alpha value is -1.81.